The molecule has 0 bridgehead atoms. The van der Waals surface area contributed by atoms with Crippen LogP contribution in [0, 0.1) is 0 Å². The molecule has 1 saturated heterocycles. The number of hydrogen-bond donors (Lipinski definition) is 1. The molecular formula is C21H23Cl2N5O2. The van der Waals surface area contributed by atoms with Crippen molar-refractivity contribution in [3.05, 3.63) is 51.9 Å². The van der Waals surface area contributed by atoms with Crippen LogP contribution in [0.4, 0.5) is 5.95 Å². The topological polar surface area (TPSA) is 80.1 Å². The van der Waals surface area contributed by atoms with Crippen LogP contribution in [-0.4, -0.2) is 44.5 Å². The third-order valence-electron chi connectivity index (χ3n) is 5.39. The zero-order valence-corrected chi connectivity index (χ0v) is 18.3. The molecule has 1 N–H and O–H groups in total. The first-order chi connectivity index (χ1) is 13.9. The van der Waals surface area contributed by atoms with Gasteiger partial charge in [0.1, 0.15) is 5.65 Å². The summed E-state index contributed by atoms with van der Waals surface area (Å²) in [5.74, 6) is 0.592. The zero-order valence-electron chi connectivity index (χ0n) is 16.8. The highest BCUT2D eigenvalue weighted by Crippen LogP contribution is 2.27. The van der Waals surface area contributed by atoms with Gasteiger partial charge in [0.25, 0.3) is 5.56 Å². The molecule has 0 unspecified atom stereocenters. The number of benzene rings is 1. The summed E-state index contributed by atoms with van der Waals surface area (Å²) >= 11 is 6.28. The highest BCUT2D eigenvalue weighted by molar-refractivity contribution is 6.33. The number of nitrogens with zero attached hydrogens (tertiary/aromatic N) is 4. The smallest absolute Gasteiger partial charge is 0.259 e. The summed E-state index contributed by atoms with van der Waals surface area (Å²) in [4.78, 5) is 35.2. The molecule has 0 aliphatic carbocycles. The largest absolute Gasteiger partial charge is 0.351 e. The molecule has 1 amide bonds. The van der Waals surface area contributed by atoms with Crippen LogP contribution in [0.15, 0.2) is 41.3 Å². The van der Waals surface area contributed by atoms with E-state index in [9.17, 15) is 9.59 Å². The van der Waals surface area contributed by atoms with Gasteiger partial charge in [0.05, 0.1) is 0 Å². The van der Waals surface area contributed by atoms with Gasteiger partial charge < -0.3 is 10.2 Å². The second kappa shape index (κ2) is 9.02. The van der Waals surface area contributed by atoms with E-state index in [1.54, 1.807) is 32.3 Å². The number of amides is 1. The summed E-state index contributed by atoms with van der Waals surface area (Å²) in [6, 6.07) is 9.26. The Kier molecular flexibility index (Phi) is 6.63. The lowest BCUT2D eigenvalue weighted by Gasteiger charge is -2.31. The van der Waals surface area contributed by atoms with Gasteiger partial charge in [-0.15, -0.1) is 12.4 Å². The third kappa shape index (κ3) is 4.27. The molecule has 3 aromatic rings. The number of aryl methyl sites for hydroxylation is 1. The zero-order chi connectivity index (χ0) is 20.5. The van der Waals surface area contributed by atoms with Crippen LogP contribution in [0.3, 0.4) is 0 Å². The monoisotopic (exact) mass is 447 g/mol. The lowest BCUT2D eigenvalue weighted by molar-refractivity contribution is -0.129. The van der Waals surface area contributed by atoms with E-state index in [1.807, 2.05) is 23.1 Å². The number of halogens is 2. The highest BCUT2D eigenvalue weighted by atomic mass is 35.5. The molecule has 2 aromatic heterocycles. The molecule has 7 nitrogen and oxygen atoms in total. The van der Waals surface area contributed by atoms with Crippen LogP contribution >= 0.6 is 24.0 Å². The van der Waals surface area contributed by atoms with Gasteiger partial charge in [-0.1, -0.05) is 29.8 Å². The van der Waals surface area contributed by atoms with Gasteiger partial charge in [-0.2, -0.15) is 4.98 Å². The first-order valence-electron chi connectivity index (χ1n) is 9.58. The van der Waals surface area contributed by atoms with Crippen LogP contribution in [0.5, 0.6) is 0 Å². The van der Waals surface area contributed by atoms with E-state index >= 15 is 0 Å². The Bertz CT molecular complexity index is 1140. The second-order valence-corrected chi connectivity index (χ2v) is 7.71. The molecule has 9 heteroatoms. The molecule has 3 heterocycles. The average Bonchev–Trinajstić information content (AvgIpc) is 2.72. The Balaban J connectivity index is 0.00000256. The molecule has 0 saturated carbocycles. The van der Waals surface area contributed by atoms with E-state index in [0.717, 1.165) is 31.3 Å². The number of fused-ring (bicyclic) bond motifs is 1. The third-order valence-corrected chi connectivity index (χ3v) is 5.72. The number of rotatable bonds is 3. The number of likely N-dealkylation sites (tertiary alicyclic amines) is 1. The van der Waals surface area contributed by atoms with Gasteiger partial charge in [-0.25, -0.2) is 4.98 Å². The maximum atomic E-state index is 12.9. The molecule has 1 aromatic carbocycles. The highest BCUT2D eigenvalue weighted by Gasteiger charge is 2.21. The lowest BCUT2D eigenvalue weighted by atomic mass is 10.1. The van der Waals surface area contributed by atoms with Gasteiger partial charge in [0.15, 0.2) is 0 Å². The van der Waals surface area contributed by atoms with Gasteiger partial charge in [-0.05, 0) is 25.0 Å². The van der Waals surface area contributed by atoms with Crippen molar-refractivity contribution in [1.29, 1.82) is 0 Å². The van der Waals surface area contributed by atoms with Crippen LogP contribution < -0.4 is 10.9 Å². The summed E-state index contributed by atoms with van der Waals surface area (Å²) in [5.41, 5.74) is 1.61. The van der Waals surface area contributed by atoms with Crippen molar-refractivity contribution in [3.8, 4) is 11.1 Å². The number of pyridine rings is 1. The number of aromatic nitrogens is 3. The maximum absolute atomic E-state index is 12.9. The van der Waals surface area contributed by atoms with Gasteiger partial charge in [0, 0.05) is 60.8 Å². The second-order valence-electron chi connectivity index (χ2n) is 7.30. The molecule has 4 rings (SSSR count). The van der Waals surface area contributed by atoms with E-state index in [-0.39, 0.29) is 29.9 Å². The van der Waals surface area contributed by atoms with E-state index in [2.05, 4.69) is 15.3 Å². The van der Waals surface area contributed by atoms with E-state index in [4.69, 9.17) is 11.6 Å². The minimum atomic E-state index is -0.162. The van der Waals surface area contributed by atoms with Gasteiger partial charge >= 0.3 is 0 Å². The van der Waals surface area contributed by atoms with Crippen molar-refractivity contribution in [3.63, 3.8) is 0 Å². The van der Waals surface area contributed by atoms with Crippen molar-refractivity contribution in [2.75, 3.05) is 18.4 Å². The quantitative estimate of drug-likeness (QED) is 0.664. The maximum Gasteiger partial charge on any atom is 0.259 e. The van der Waals surface area contributed by atoms with E-state index in [1.165, 1.54) is 4.57 Å². The van der Waals surface area contributed by atoms with Gasteiger partial charge in [0.2, 0.25) is 11.9 Å². The molecular weight excluding hydrogens is 425 g/mol. The van der Waals surface area contributed by atoms with Crippen molar-refractivity contribution in [2.45, 2.75) is 25.8 Å². The van der Waals surface area contributed by atoms with Crippen LogP contribution in [0.25, 0.3) is 22.2 Å². The molecule has 1 aliphatic rings. The molecule has 1 fully saturated rings. The van der Waals surface area contributed by atoms with Crippen LogP contribution in [0.1, 0.15) is 19.8 Å². The molecule has 158 valence electrons. The first-order valence-corrected chi connectivity index (χ1v) is 9.95. The molecule has 30 heavy (non-hydrogen) atoms. The summed E-state index contributed by atoms with van der Waals surface area (Å²) < 4.78 is 1.53. The van der Waals surface area contributed by atoms with Crippen molar-refractivity contribution < 1.29 is 4.79 Å². The van der Waals surface area contributed by atoms with Crippen LogP contribution in [-0.2, 0) is 11.8 Å². The predicted molar refractivity (Wildman–Crippen MR) is 121 cm³/mol. The predicted octanol–water partition coefficient (Wildman–Crippen LogP) is 3.49. The van der Waals surface area contributed by atoms with E-state index < -0.39 is 0 Å². The fourth-order valence-electron chi connectivity index (χ4n) is 3.71. The van der Waals surface area contributed by atoms with Crippen molar-refractivity contribution in [1.82, 2.24) is 19.4 Å². The average molecular weight is 448 g/mol. The Hall–Kier alpha value is -2.64. The van der Waals surface area contributed by atoms with Gasteiger partial charge in [-0.3, -0.25) is 14.2 Å². The fraction of sp³-hybridized carbons (Fsp3) is 0.333. The number of anilines is 1. The standard InChI is InChI=1S/C21H22ClN5O2.ClH/c1-13(28)27-9-7-15(8-10-27)24-21-23-12-14-11-17(16-5-3-4-6-18(16)22)20(29)26(2)19(14)25-21;/h3-6,11-12,15H,7-10H2,1-2H3,(H,23,24,25);1H. The number of carbonyl (C=O) groups excluding carboxylic acids is 1. The summed E-state index contributed by atoms with van der Waals surface area (Å²) in [6.07, 6.45) is 3.39. The Morgan fingerprint density at radius 3 is 2.57 bits per heavy atom. The Morgan fingerprint density at radius 1 is 1.20 bits per heavy atom. The van der Waals surface area contributed by atoms with E-state index in [0.29, 0.717) is 27.7 Å². The number of carbonyl (C=O) groups is 1. The minimum absolute atomic E-state index is 0. The Morgan fingerprint density at radius 2 is 1.90 bits per heavy atom. The number of piperidine rings is 1. The molecule has 0 spiro atoms. The Labute approximate surface area is 185 Å². The van der Waals surface area contributed by atoms with Crippen LogP contribution in [0.2, 0.25) is 5.02 Å². The summed E-state index contributed by atoms with van der Waals surface area (Å²) in [6.45, 7) is 3.04. The number of hydrogen-bond acceptors (Lipinski definition) is 5. The molecule has 1 aliphatic heterocycles. The lowest BCUT2D eigenvalue weighted by Crippen LogP contribution is -2.41. The summed E-state index contributed by atoms with van der Waals surface area (Å²) in [7, 11) is 1.70. The van der Waals surface area contributed by atoms with Crippen molar-refractivity contribution in [2.24, 2.45) is 7.05 Å². The normalized spacial score (nSPS) is 14.4. The van der Waals surface area contributed by atoms with Crippen molar-refractivity contribution >= 4 is 46.9 Å². The fourth-order valence-corrected chi connectivity index (χ4v) is 3.95. The minimum Gasteiger partial charge on any atom is -0.351 e. The summed E-state index contributed by atoms with van der Waals surface area (Å²) in [5, 5.41) is 4.63. The number of nitrogens with one attached hydrogen (secondary N) is 1. The first kappa shape index (κ1) is 22.1. The molecule has 0 radical (unpaired) electrons. The SMILES string of the molecule is CC(=O)N1CCC(Nc2ncc3cc(-c4ccccc4Cl)c(=O)n(C)c3n2)CC1.Cl. The molecule has 0 atom stereocenters.